The Morgan fingerprint density at radius 3 is 2.32 bits per heavy atom. The zero-order chi connectivity index (χ0) is 21.4. The zero-order valence-corrected chi connectivity index (χ0v) is 17.7. The first-order valence-electron chi connectivity index (χ1n) is 9.60. The van der Waals surface area contributed by atoms with Gasteiger partial charge in [0.1, 0.15) is 11.1 Å². The Hall–Kier alpha value is -3.18. The van der Waals surface area contributed by atoms with Gasteiger partial charge < -0.3 is 9.63 Å². The molecule has 5 aromatic rings. The van der Waals surface area contributed by atoms with E-state index in [1.54, 1.807) is 36.7 Å². The lowest BCUT2D eigenvalue weighted by atomic mass is 9.80. The second kappa shape index (κ2) is 7.82. The van der Waals surface area contributed by atoms with Crippen molar-refractivity contribution in [2.45, 2.75) is 5.60 Å². The van der Waals surface area contributed by atoms with E-state index in [1.807, 2.05) is 54.6 Å². The van der Waals surface area contributed by atoms with E-state index in [0.717, 1.165) is 10.9 Å². The van der Waals surface area contributed by atoms with Crippen LogP contribution in [0.2, 0.25) is 10.0 Å². The van der Waals surface area contributed by atoms with E-state index in [4.69, 9.17) is 27.7 Å². The summed E-state index contributed by atoms with van der Waals surface area (Å²) in [6.07, 6.45) is 3.33. The van der Waals surface area contributed by atoms with Gasteiger partial charge in [0.25, 0.3) is 0 Å². The zero-order valence-electron chi connectivity index (χ0n) is 16.2. The van der Waals surface area contributed by atoms with E-state index < -0.39 is 5.60 Å². The van der Waals surface area contributed by atoms with Crippen molar-refractivity contribution >= 4 is 34.1 Å². The number of fused-ring (bicyclic) bond motifs is 1. The van der Waals surface area contributed by atoms with Gasteiger partial charge in [0.15, 0.2) is 5.76 Å². The summed E-state index contributed by atoms with van der Waals surface area (Å²) < 4.78 is 5.63. The lowest BCUT2D eigenvalue weighted by Crippen LogP contribution is -2.29. The van der Waals surface area contributed by atoms with E-state index in [0.29, 0.717) is 38.0 Å². The normalized spacial score (nSPS) is 13.3. The summed E-state index contributed by atoms with van der Waals surface area (Å²) >= 11 is 12.3. The lowest BCUT2D eigenvalue weighted by Gasteiger charge is -2.30. The lowest BCUT2D eigenvalue weighted by molar-refractivity contribution is 0.125. The van der Waals surface area contributed by atoms with Gasteiger partial charge in [-0.05, 0) is 53.6 Å². The molecule has 1 unspecified atom stereocenters. The second-order valence-electron chi connectivity index (χ2n) is 7.21. The van der Waals surface area contributed by atoms with Crippen molar-refractivity contribution in [3.63, 3.8) is 0 Å². The van der Waals surface area contributed by atoms with E-state index in [1.165, 1.54) is 0 Å². The highest BCUT2D eigenvalue weighted by atomic mass is 35.5. The van der Waals surface area contributed by atoms with E-state index in [9.17, 15) is 5.11 Å². The highest BCUT2D eigenvalue weighted by Gasteiger charge is 2.34. The maximum atomic E-state index is 12.1. The first-order valence-corrected chi connectivity index (χ1v) is 10.4. The highest BCUT2D eigenvalue weighted by Crippen LogP contribution is 2.39. The SMILES string of the molecule is OC(c1ccc(Cl)cc1)(c1cccnc1)c1ccc2noc(-c3cccc(Cl)c3)c2c1. The first-order chi connectivity index (χ1) is 15.1. The molecule has 0 bridgehead atoms. The summed E-state index contributed by atoms with van der Waals surface area (Å²) in [6, 6.07) is 23.7. The predicted octanol–water partition coefficient (Wildman–Crippen LogP) is 6.48. The van der Waals surface area contributed by atoms with Crippen LogP contribution in [0.3, 0.4) is 0 Å². The molecule has 0 amide bonds. The van der Waals surface area contributed by atoms with E-state index in [-0.39, 0.29) is 0 Å². The number of benzene rings is 3. The summed E-state index contributed by atoms with van der Waals surface area (Å²) in [7, 11) is 0. The minimum Gasteiger partial charge on any atom is -0.376 e. The van der Waals surface area contributed by atoms with Crippen LogP contribution in [0.5, 0.6) is 0 Å². The fraction of sp³-hybridized carbons (Fsp3) is 0.0400. The van der Waals surface area contributed by atoms with Gasteiger partial charge in [0.2, 0.25) is 0 Å². The number of rotatable bonds is 4. The van der Waals surface area contributed by atoms with Crippen LogP contribution in [0.1, 0.15) is 16.7 Å². The van der Waals surface area contributed by atoms with Crippen LogP contribution in [0.25, 0.3) is 22.2 Å². The van der Waals surface area contributed by atoms with Crippen LogP contribution in [-0.4, -0.2) is 15.2 Å². The molecule has 0 spiro atoms. The largest absolute Gasteiger partial charge is 0.376 e. The number of aliphatic hydroxyl groups is 1. The molecule has 0 aliphatic heterocycles. The summed E-state index contributed by atoms with van der Waals surface area (Å²) in [5.41, 5.74) is 2.01. The fourth-order valence-corrected chi connectivity index (χ4v) is 4.09. The van der Waals surface area contributed by atoms with Crippen molar-refractivity contribution in [2.75, 3.05) is 0 Å². The van der Waals surface area contributed by atoms with Gasteiger partial charge in [0.05, 0.1) is 5.39 Å². The molecule has 0 saturated carbocycles. The van der Waals surface area contributed by atoms with E-state index in [2.05, 4.69) is 10.1 Å². The molecule has 1 N–H and O–H groups in total. The average molecular weight is 447 g/mol. The molecule has 0 aliphatic rings. The Balaban J connectivity index is 1.74. The smallest absolute Gasteiger partial charge is 0.174 e. The third-order valence-corrected chi connectivity index (χ3v) is 5.81. The molecule has 152 valence electrons. The molecular weight excluding hydrogens is 431 g/mol. The molecule has 31 heavy (non-hydrogen) atoms. The van der Waals surface area contributed by atoms with Crippen molar-refractivity contribution in [3.8, 4) is 11.3 Å². The minimum absolute atomic E-state index is 0.587. The van der Waals surface area contributed by atoms with Crippen molar-refractivity contribution in [2.24, 2.45) is 0 Å². The molecule has 3 aromatic carbocycles. The Kier molecular flexibility index (Phi) is 4.98. The van der Waals surface area contributed by atoms with Gasteiger partial charge >= 0.3 is 0 Å². The molecule has 0 aliphatic carbocycles. The molecular formula is C25H16Cl2N2O2. The quantitative estimate of drug-likeness (QED) is 0.343. The number of aromatic nitrogens is 2. The molecule has 2 heterocycles. The molecule has 0 saturated heterocycles. The molecule has 5 rings (SSSR count). The van der Waals surface area contributed by atoms with Gasteiger partial charge in [0, 0.05) is 33.6 Å². The van der Waals surface area contributed by atoms with Crippen molar-refractivity contribution in [1.82, 2.24) is 10.1 Å². The summed E-state index contributed by atoms with van der Waals surface area (Å²) in [4.78, 5) is 4.21. The number of halogens is 2. The second-order valence-corrected chi connectivity index (χ2v) is 8.09. The fourth-order valence-electron chi connectivity index (χ4n) is 3.77. The minimum atomic E-state index is -1.45. The Bertz CT molecular complexity index is 1370. The standard InChI is InChI=1S/C25H16Cl2N2O2/c26-20-9-6-17(7-10-20)25(30,19-4-2-12-28-15-19)18-8-11-23-22(14-18)24(31-29-23)16-3-1-5-21(27)13-16/h1-15,30H. The van der Waals surface area contributed by atoms with Crippen LogP contribution in [0.15, 0.2) is 95.8 Å². The maximum Gasteiger partial charge on any atom is 0.174 e. The Morgan fingerprint density at radius 1 is 0.774 bits per heavy atom. The number of hydrogen-bond donors (Lipinski definition) is 1. The van der Waals surface area contributed by atoms with Gasteiger partial charge in [-0.3, -0.25) is 4.98 Å². The van der Waals surface area contributed by atoms with Crippen molar-refractivity contribution < 1.29 is 9.63 Å². The number of hydrogen-bond acceptors (Lipinski definition) is 4. The van der Waals surface area contributed by atoms with Crippen molar-refractivity contribution in [1.29, 1.82) is 0 Å². The number of pyridine rings is 1. The molecule has 4 nitrogen and oxygen atoms in total. The van der Waals surface area contributed by atoms with Crippen molar-refractivity contribution in [3.05, 3.63) is 118 Å². The highest BCUT2D eigenvalue weighted by molar-refractivity contribution is 6.31. The molecule has 6 heteroatoms. The summed E-state index contributed by atoms with van der Waals surface area (Å²) in [5, 5.41) is 18.2. The molecule has 1 atom stereocenters. The topological polar surface area (TPSA) is 59.2 Å². The monoisotopic (exact) mass is 446 g/mol. The first kappa shape index (κ1) is 19.8. The third kappa shape index (κ3) is 3.49. The average Bonchev–Trinajstić information content (AvgIpc) is 3.23. The van der Waals surface area contributed by atoms with Crippen LogP contribution >= 0.6 is 23.2 Å². The summed E-state index contributed by atoms with van der Waals surface area (Å²) in [6.45, 7) is 0. The molecule has 0 fully saturated rings. The maximum absolute atomic E-state index is 12.1. The van der Waals surface area contributed by atoms with Crippen LogP contribution in [0, 0.1) is 0 Å². The van der Waals surface area contributed by atoms with Gasteiger partial charge in [-0.1, -0.05) is 64.8 Å². The van der Waals surface area contributed by atoms with Gasteiger partial charge in [-0.2, -0.15) is 0 Å². The Labute approximate surface area is 188 Å². The number of nitrogens with zero attached hydrogens (tertiary/aromatic N) is 2. The summed E-state index contributed by atoms with van der Waals surface area (Å²) in [5.74, 6) is 0.587. The van der Waals surface area contributed by atoms with Gasteiger partial charge in [-0.15, -0.1) is 0 Å². The van der Waals surface area contributed by atoms with Crippen LogP contribution in [0.4, 0.5) is 0 Å². The molecule has 0 radical (unpaired) electrons. The van der Waals surface area contributed by atoms with Crippen LogP contribution < -0.4 is 0 Å². The van der Waals surface area contributed by atoms with Gasteiger partial charge in [-0.25, -0.2) is 0 Å². The Morgan fingerprint density at radius 2 is 1.58 bits per heavy atom. The molecule has 2 aromatic heterocycles. The van der Waals surface area contributed by atoms with E-state index >= 15 is 0 Å². The predicted molar refractivity (Wildman–Crippen MR) is 122 cm³/mol. The van der Waals surface area contributed by atoms with Crippen LogP contribution in [-0.2, 0) is 5.60 Å². The third-order valence-electron chi connectivity index (χ3n) is 5.32.